The molecule has 1 aliphatic heterocycles. The number of carbonyl (C=O) groups excluding carboxylic acids is 1. The Morgan fingerprint density at radius 3 is 2.45 bits per heavy atom. The van der Waals surface area contributed by atoms with Crippen LogP contribution in [0.4, 0.5) is 0 Å². The first kappa shape index (κ1) is 17.2. The average Bonchev–Trinajstić information content (AvgIpc) is 3.16. The quantitative estimate of drug-likeness (QED) is 0.723. The van der Waals surface area contributed by atoms with E-state index in [0.29, 0.717) is 25.7 Å². The van der Waals surface area contributed by atoms with Crippen molar-refractivity contribution in [1.82, 2.24) is 4.31 Å². The Hall–Kier alpha value is -1.15. The maximum absolute atomic E-state index is 12.7. The number of hydrogen-bond donors (Lipinski definition) is 1. The molecular formula is C14H23NO6S. The van der Waals surface area contributed by atoms with Crippen molar-refractivity contribution in [3.05, 3.63) is 0 Å². The molecule has 0 radical (unpaired) electrons. The minimum Gasteiger partial charge on any atom is -0.481 e. The summed E-state index contributed by atoms with van der Waals surface area (Å²) in [7, 11) is -2.30. The van der Waals surface area contributed by atoms with E-state index < -0.39 is 33.3 Å². The second-order valence-electron chi connectivity index (χ2n) is 6.54. The van der Waals surface area contributed by atoms with E-state index in [9.17, 15) is 18.0 Å². The number of carboxylic acid groups (broad SMARTS) is 1. The van der Waals surface area contributed by atoms with Gasteiger partial charge in [-0.3, -0.25) is 9.59 Å². The van der Waals surface area contributed by atoms with Gasteiger partial charge >= 0.3 is 11.9 Å². The molecule has 22 heavy (non-hydrogen) atoms. The minimum absolute atomic E-state index is 0.0210. The molecule has 0 amide bonds. The van der Waals surface area contributed by atoms with Crippen molar-refractivity contribution in [2.75, 3.05) is 19.4 Å². The van der Waals surface area contributed by atoms with Crippen LogP contribution in [0, 0.1) is 11.3 Å². The molecular weight excluding hydrogens is 310 g/mol. The van der Waals surface area contributed by atoms with E-state index >= 15 is 0 Å². The maximum atomic E-state index is 12.7. The molecule has 0 bridgehead atoms. The van der Waals surface area contributed by atoms with Crippen molar-refractivity contribution in [3.8, 4) is 0 Å². The number of ether oxygens (including phenoxy) is 1. The molecule has 7 nitrogen and oxygen atoms in total. The molecule has 0 spiro atoms. The van der Waals surface area contributed by atoms with Gasteiger partial charge in [-0.05, 0) is 38.0 Å². The fourth-order valence-corrected chi connectivity index (χ4v) is 5.45. The van der Waals surface area contributed by atoms with Gasteiger partial charge in [0.05, 0.1) is 25.2 Å². The van der Waals surface area contributed by atoms with Crippen LogP contribution in [0.2, 0.25) is 0 Å². The molecule has 0 aromatic heterocycles. The van der Waals surface area contributed by atoms with Gasteiger partial charge in [0.25, 0.3) is 0 Å². The number of hydrogen-bond acceptors (Lipinski definition) is 5. The van der Waals surface area contributed by atoms with Crippen LogP contribution in [0.1, 0.15) is 39.0 Å². The number of aliphatic carboxylic acids is 1. The maximum Gasteiger partial charge on any atom is 0.307 e. The smallest absolute Gasteiger partial charge is 0.307 e. The van der Waals surface area contributed by atoms with Gasteiger partial charge in [0.15, 0.2) is 0 Å². The molecule has 1 saturated carbocycles. The van der Waals surface area contributed by atoms with Gasteiger partial charge in [0.1, 0.15) is 0 Å². The summed E-state index contributed by atoms with van der Waals surface area (Å²) in [5.41, 5.74) is -0.526. The lowest BCUT2D eigenvalue weighted by Gasteiger charge is -2.36. The lowest BCUT2D eigenvalue weighted by Crippen LogP contribution is -2.49. The Morgan fingerprint density at radius 2 is 1.95 bits per heavy atom. The molecule has 1 N–H and O–H groups in total. The largest absolute Gasteiger partial charge is 0.481 e. The average molecular weight is 333 g/mol. The first-order valence-electron chi connectivity index (χ1n) is 7.48. The molecule has 1 saturated heterocycles. The van der Waals surface area contributed by atoms with E-state index in [1.54, 1.807) is 6.92 Å². The summed E-state index contributed by atoms with van der Waals surface area (Å²) >= 11 is 0. The Bertz CT molecular complexity index is 554. The van der Waals surface area contributed by atoms with E-state index in [1.165, 1.54) is 11.4 Å². The number of methoxy groups -OCH3 is 1. The molecule has 2 fully saturated rings. The number of esters is 1. The summed E-state index contributed by atoms with van der Waals surface area (Å²) in [5, 5.41) is 9.12. The van der Waals surface area contributed by atoms with Crippen LogP contribution in [0.15, 0.2) is 0 Å². The zero-order chi connectivity index (χ0) is 16.5. The topological polar surface area (TPSA) is 101 Å². The van der Waals surface area contributed by atoms with E-state index in [1.807, 2.05) is 0 Å². The fraction of sp³-hybridized carbons (Fsp3) is 0.857. The van der Waals surface area contributed by atoms with Crippen molar-refractivity contribution >= 4 is 22.0 Å². The third-order valence-corrected chi connectivity index (χ3v) is 6.92. The van der Waals surface area contributed by atoms with Crippen LogP contribution < -0.4 is 0 Å². The van der Waals surface area contributed by atoms with Crippen LogP contribution in [0.3, 0.4) is 0 Å². The highest BCUT2D eigenvalue weighted by atomic mass is 32.2. The van der Waals surface area contributed by atoms with Crippen molar-refractivity contribution in [2.45, 2.75) is 45.1 Å². The molecule has 2 atom stereocenters. The van der Waals surface area contributed by atoms with Crippen LogP contribution in [-0.4, -0.2) is 55.2 Å². The number of piperidine rings is 1. The second-order valence-corrected chi connectivity index (χ2v) is 8.46. The van der Waals surface area contributed by atoms with Crippen molar-refractivity contribution in [3.63, 3.8) is 0 Å². The zero-order valence-corrected chi connectivity index (χ0v) is 13.8. The number of rotatable bonds is 6. The number of carboxylic acids is 1. The summed E-state index contributed by atoms with van der Waals surface area (Å²) in [6.07, 6.45) is 2.52. The third-order valence-electron chi connectivity index (χ3n) is 4.72. The standard InChI is InChI=1S/C14H23NO6S/c1-10-3-4-11(13(17)18)8-15(10)22(19,20)9-14(5-6-14)7-12(16)21-2/h10-11H,3-9H2,1-2H3,(H,17,18). The van der Waals surface area contributed by atoms with E-state index in [0.717, 1.165) is 0 Å². The Kier molecular flexibility index (Phi) is 4.81. The van der Waals surface area contributed by atoms with E-state index in [-0.39, 0.29) is 24.8 Å². The van der Waals surface area contributed by atoms with Gasteiger partial charge in [0, 0.05) is 12.6 Å². The first-order chi connectivity index (χ1) is 10.2. The lowest BCUT2D eigenvalue weighted by molar-refractivity contribution is -0.143. The molecule has 8 heteroatoms. The second kappa shape index (κ2) is 6.16. The molecule has 2 aliphatic rings. The summed E-state index contributed by atoms with van der Waals surface area (Å²) in [4.78, 5) is 22.6. The van der Waals surface area contributed by atoms with Gasteiger partial charge in [-0.1, -0.05) is 0 Å². The normalized spacial score (nSPS) is 28.1. The van der Waals surface area contributed by atoms with Crippen molar-refractivity contribution < 1.29 is 27.9 Å². The van der Waals surface area contributed by atoms with Crippen molar-refractivity contribution in [2.24, 2.45) is 11.3 Å². The van der Waals surface area contributed by atoms with Crippen LogP contribution in [0.5, 0.6) is 0 Å². The fourth-order valence-electron chi connectivity index (χ4n) is 3.06. The predicted molar refractivity (Wildman–Crippen MR) is 78.6 cm³/mol. The summed E-state index contributed by atoms with van der Waals surface area (Å²) < 4.78 is 31.3. The molecule has 1 aliphatic carbocycles. The highest BCUT2D eigenvalue weighted by molar-refractivity contribution is 7.89. The number of nitrogens with zero attached hydrogens (tertiary/aromatic N) is 1. The van der Waals surface area contributed by atoms with Gasteiger partial charge in [-0.25, -0.2) is 8.42 Å². The summed E-state index contributed by atoms with van der Waals surface area (Å²) in [6.45, 7) is 1.82. The summed E-state index contributed by atoms with van der Waals surface area (Å²) in [6, 6.07) is -0.200. The number of sulfonamides is 1. The molecule has 0 aromatic rings. The molecule has 2 unspecified atom stereocenters. The molecule has 0 aromatic carbocycles. The van der Waals surface area contributed by atoms with Crippen LogP contribution >= 0.6 is 0 Å². The highest BCUT2D eigenvalue weighted by Crippen LogP contribution is 2.50. The third kappa shape index (κ3) is 3.78. The Morgan fingerprint density at radius 1 is 1.32 bits per heavy atom. The van der Waals surface area contributed by atoms with E-state index in [2.05, 4.69) is 4.74 Å². The van der Waals surface area contributed by atoms with Gasteiger partial charge in [0.2, 0.25) is 10.0 Å². The zero-order valence-electron chi connectivity index (χ0n) is 12.9. The SMILES string of the molecule is COC(=O)CC1(CS(=O)(=O)N2CC(C(=O)O)CCC2C)CC1. The van der Waals surface area contributed by atoms with Crippen LogP contribution in [-0.2, 0) is 24.3 Å². The van der Waals surface area contributed by atoms with Gasteiger partial charge in [-0.15, -0.1) is 0 Å². The van der Waals surface area contributed by atoms with Crippen molar-refractivity contribution in [1.29, 1.82) is 0 Å². The highest BCUT2D eigenvalue weighted by Gasteiger charge is 2.50. The van der Waals surface area contributed by atoms with Gasteiger partial charge < -0.3 is 9.84 Å². The van der Waals surface area contributed by atoms with E-state index in [4.69, 9.17) is 5.11 Å². The molecule has 126 valence electrons. The molecule has 1 heterocycles. The predicted octanol–water partition coefficient (Wildman–Crippen LogP) is 0.845. The Balaban J connectivity index is 2.09. The lowest BCUT2D eigenvalue weighted by atomic mass is 9.96. The number of carbonyl (C=O) groups is 2. The minimum atomic E-state index is -3.59. The van der Waals surface area contributed by atoms with Gasteiger partial charge in [-0.2, -0.15) is 4.31 Å². The monoisotopic (exact) mass is 333 g/mol. The van der Waals surface area contributed by atoms with Crippen LogP contribution in [0.25, 0.3) is 0 Å². The Labute approximate surface area is 130 Å². The molecule has 2 rings (SSSR count). The first-order valence-corrected chi connectivity index (χ1v) is 9.09. The summed E-state index contributed by atoms with van der Waals surface area (Å²) in [5.74, 6) is -2.11.